The van der Waals surface area contributed by atoms with Crippen LogP contribution in [0, 0.1) is 29.1 Å². The van der Waals surface area contributed by atoms with Gasteiger partial charge in [-0.25, -0.2) is 22.0 Å². The first-order valence-corrected chi connectivity index (χ1v) is 5.70. The summed E-state index contributed by atoms with van der Waals surface area (Å²) in [4.78, 5) is 0. The first kappa shape index (κ1) is 14.5. The van der Waals surface area contributed by atoms with E-state index in [1.807, 2.05) is 0 Å². The number of halogens is 5. The Balaban J connectivity index is 2.52. The average Bonchev–Trinajstić information content (AvgIpc) is 2.40. The van der Waals surface area contributed by atoms with Gasteiger partial charge in [-0.2, -0.15) is 0 Å². The van der Waals surface area contributed by atoms with Crippen LogP contribution in [0.25, 0.3) is 0 Å². The molecule has 2 rings (SSSR count). The van der Waals surface area contributed by atoms with E-state index in [4.69, 9.17) is 0 Å². The number of benzene rings is 2. The number of hydrogen-bond donors (Lipinski definition) is 1. The summed E-state index contributed by atoms with van der Waals surface area (Å²) in [6.07, 6.45) is 0. The number of hydrogen-bond acceptors (Lipinski definition) is 1. The largest absolute Gasteiger partial charge is 0.309 e. The van der Waals surface area contributed by atoms with Crippen molar-refractivity contribution in [1.29, 1.82) is 0 Å². The van der Waals surface area contributed by atoms with Gasteiger partial charge in [-0.05, 0) is 30.8 Å². The van der Waals surface area contributed by atoms with E-state index in [0.29, 0.717) is 12.1 Å². The Morgan fingerprint density at radius 3 is 1.95 bits per heavy atom. The Morgan fingerprint density at radius 1 is 0.750 bits per heavy atom. The summed E-state index contributed by atoms with van der Waals surface area (Å²) in [5.41, 5.74) is -0.00582. The van der Waals surface area contributed by atoms with Crippen molar-refractivity contribution in [2.45, 2.75) is 6.04 Å². The molecule has 0 heterocycles. The van der Waals surface area contributed by atoms with Gasteiger partial charge in [0.15, 0.2) is 23.3 Å². The molecule has 0 fully saturated rings. The molecule has 20 heavy (non-hydrogen) atoms. The quantitative estimate of drug-likeness (QED) is 0.670. The van der Waals surface area contributed by atoms with Gasteiger partial charge in [0.1, 0.15) is 5.82 Å². The van der Waals surface area contributed by atoms with Crippen molar-refractivity contribution in [1.82, 2.24) is 5.32 Å². The first-order chi connectivity index (χ1) is 9.43. The SMILES string of the molecule is CNC(c1ccc(F)c(F)c1)c1cc(F)c(F)cc1F. The minimum Gasteiger partial charge on any atom is -0.309 e. The third-order valence-corrected chi connectivity index (χ3v) is 2.92. The van der Waals surface area contributed by atoms with Crippen molar-refractivity contribution < 1.29 is 22.0 Å². The summed E-state index contributed by atoms with van der Waals surface area (Å²) in [5.74, 6) is -5.66. The average molecular weight is 287 g/mol. The Morgan fingerprint density at radius 2 is 1.35 bits per heavy atom. The predicted octanol–water partition coefficient (Wildman–Crippen LogP) is 3.69. The van der Waals surface area contributed by atoms with Crippen molar-refractivity contribution in [3.05, 3.63) is 70.5 Å². The summed E-state index contributed by atoms with van der Waals surface area (Å²) in [7, 11) is 1.44. The monoisotopic (exact) mass is 287 g/mol. The van der Waals surface area contributed by atoms with Crippen molar-refractivity contribution in [3.63, 3.8) is 0 Å². The van der Waals surface area contributed by atoms with E-state index >= 15 is 0 Å². The second-order valence-electron chi connectivity index (χ2n) is 4.18. The zero-order valence-electron chi connectivity index (χ0n) is 10.4. The lowest BCUT2D eigenvalue weighted by Crippen LogP contribution is -2.19. The van der Waals surface area contributed by atoms with Gasteiger partial charge in [-0.3, -0.25) is 0 Å². The first-order valence-electron chi connectivity index (χ1n) is 5.70. The molecule has 0 aliphatic heterocycles. The molecular formula is C14H10F5N. The molecule has 2 aromatic rings. The molecule has 106 valence electrons. The van der Waals surface area contributed by atoms with E-state index in [9.17, 15) is 22.0 Å². The van der Waals surface area contributed by atoms with Gasteiger partial charge in [-0.15, -0.1) is 0 Å². The van der Waals surface area contributed by atoms with E-state index in [2.05, 4.69) is 5.32 Å². The topological polar surface area (TPSA) is 12.0 Å². The summed E-state index contributed by atoms with van der Waals surface area (Å²) < 4.78 is 65.9. The molecule has 0 saturated carbocycles. The maximum Gasteiger partial charge on any atom is 0.161 e. The fourth-order valence-electron chi connectivity index (χ4n) is 1.95. The maximum absolute atomic E-state index is 13.7. The summed E-state index contributed by atoms with van der Waals surface area (Å²) in [6.45, 7) is 0. The second kappa shape index (κ2) is 5.58. The molecule has 0 radical (unpaired) electrons. The van der Waals surface area contributed by atoms with Crippen molar-refractivity contribution >= 4 is 0 Å². The van der Waals surface area contributed by atoms with E-state index in [1.165, 1.54) is 13.1 Å². The van der Waals surface area contributed by atoms with Gasteiger partial charge < -0.3 is 5.32 Å². The van der Waals surface area contributed by atoms with Crippen molar-refractivity contribution in [3.8, 4) is 0 Å². The molecule has 0 aromatic heterocycles. The fourth-order valence-corrected chi connectivity index (χ4v) is 1.95. The molecule has 0 aliphatic carbocycles. The lowest BCUT2D eigenvalue weighted by Gasteiger charge is -2.18. The second-order valence-corrected chi connectivity index (χ2v) is 4.18. The highest BCUT2D eigenvalue weighted by Gasteiger charge is 2.20. The molecule has 2 aromatic carbocycles. The zero-order chi connectivity index (χ0) is 14.9. The van der Waals surface area contributed by atoms with Crippen LogP contribution in [0.1, 0.15) is 17.2 Å². The van der Waals surface area contributed by atoms with Crippen LogP contribution in [-0.2, 0) is 0 Å². The number of nitrogens with one attached hydrogen (secondary N) is 1. The third-order valence-electron chi connectivity index (χ3n) is 2.92. The molecule has 6 heteroatoms. The molecular weight excluding hydrogens is 277 g/mol. The zero-order valence-corrected chi connectivity index (χ0v) is 10.4. The third kappa shape index (κ3) is 2.65. The highest BCUT2D eigenvalue weighted by molar-refractivity contribution is 5.34. The standard InChI is InChI=1S/C14H10F5N/c1-20-14(7-2-3-9(15)11(17)4-7)8-5-12(18)13(19)6-10(8)16/h2-6,14,20H,1H3. The highest BCUT2D eigenvalue weighted by Crippen LogP contribution is 2.27. The van der Waals surface area contributed by atoms with Crippen LogP contribution < -0.4 is 5.32 Å². The Hall–Kier alpha value is -1.95. The minimum absolute atomic E-state index is 0.191. The van der Waals surface area contributed by atoms with Gasteiger partial charge in [0.05, 0.1) is 6.04 Å². The summed E-state index contributed by atoms with van der Waals surface area (Å²) >= 11 is 0. The van der Waals surface area contributed by atoms with Crippen LogP contribution in [0.4, 0.5) is 22.0 Å². The molecule has 1 unspecified atom stereocenters. The van der Waals surface area contributed by atoms with Gasteiger partial charge in [0.25, 0.3) is 0 Å². The van der Waals surface area contributed by atoms with Crippen molar-refractivity contribution in [2.75, 3.05) is 7.05 Å². The molecule has 0 amide bonds. The Bertz CT molecular complexity index is 642. The summed E-state index contributed by atoms with van der Waals surface area (Å²) in [6, 6.07) is 3.16. The normalized spacial score (nSPS) is 12.5. The van der Waals surface area contributed by atoms with Crippen LogP contribution in [-0.4, -0.2) is 7.05 Å². The van der Waals surface area contributed by atoms with Crippen LogP contribution in [0.15, 0.2) is 30.3 Å². The molecule has 1 nitrogen and oxygen atoms in total. The molecule has 0 saturated heterocycles. The van der Waals surface area contributed by atoms with Crippen LogP contribution >= 0.6 is 0 Å². The molecule has 0 bridgehead atoms. The van der Waals surface area contributed by atoms with Crippen LogP contribution in [0.2, 0.25) is 0 Å². The molecule has 1 N–H and O–H groups in total. The summed E-state index contributed by atoms with van der Waals surface area (Å²) in [5, 5.41) is 2.65. The predicted molar refractivity (Wildman–Crippen MR) is 63.6 cm³/mol. The van der Waals surface area contributed by atoms with Gasteiger partial charge >= 0.3 is 0 Å². The molecule has 1 atom stereocenters. The van der Waals surface area contributed by atoms with Gasteiger partial charge in [0.2, 0.25) is 0 Å². The number of rotatable bonds is 3. The highest BCUT2D eigenvalue weighted by atomic mass is 19.2. The lowest BCUT2D eigenvalue weighted by molar-refractivity contribution is 0.482. The lowest BCUT2D eigenvalue weighted by atomic mass is 9.98. The van der Waals surface area contributed by atoms with E-state index < -0.39 is 35.1 Å². The van der Waals surface area contributed by atoms with Crippen LogP contribution in [0.5, 0.6) is 0 Å². The van der Waals surface area contributed by atoms with Crippen LogP contribution in [0.3, 0.4) is 0 Å². The fraction of sp³-hybridized carbons (Fsp3) is 0.143. The molecule has 0 spiro atoms. The van der Waals surface area contributed by atoms with E-state index in [0.717, 1.165) is 12.1 Å². The van der Waals surface area contributed by atoms with Gasteiger partial charge in [0, 0.05) is 11.6 Å². The Kier molecular flexibility index (Phi) is 4.04. The van der Waals surface area contributed by atoms with E-state index in [1.54, 1.807) is 0 Å². The van der Waals surface area contributed by atoms with Gasteiger partial charge in [-0.1, -0.05) is 6.07 Å². The smallest absolute Gasteiger partial charge is 0.161 e. The van der Waals surface area contributed by atoms with Crippen molar-refractivity contribution in [2.24, 2.45) is 0 Å². The Labute approximate surface area is 112 Å². The minimum atomic E-state index is -1.31. The maximum atomic E-state index is 13.7. The van der Waals surface area contributed by atoms with E-state index in [-0.39, 0.29) is 11.1 Å². The molecule has 0 aliphatic rings.